The van der Waals surface area contributed by atoms with E-state index in [1.807, 2.05) is 36.6 Å². The van der Waals surface area contributed by atoms with Gasteiger partial charge in [0.05, 0.1) is 13.2 Å². The molecule has 3 aromatic rings. The molecule has 1 fully saturated rings. The van der Waals surface area contributed by atoms with E-state index < -0.39 is 0 Å². The quantitative estimate of drug-likeness (QED) is 0.456. The van der Waals surface area contributed by atoms with Crippen LogP contribution in [0.5, 0.6) is 5.75 Å². The van der Waals surface area contributed by atoms with Crippen LogP contribution in [-0.2, 0) is 22.5 Å². The second-order valence-electron chi connectivity index (χ2n) is 8.62. The van der Waals surface area contributed by atoms with Crippen molar-refractivity contribution in [3.05, 3.63) is 60.3 Å². The Morgan fingerprint density at radius 2 is 1.79 bits per heavy atom. The van der Waals surface area contributed by atoms with Crippen molar-refractivity contribution in [1.29, 1.82) is 0 Å². The SMILES string of the molecule is COc1cccc(N2CCN(CCc3cn(CC(=O)OC(C)C)c4ccccc34)CC2)c1.Cl. The summed E-state index contributed by atoms with van der Waals surface area (Å²) in [5.41, 5.74) is 3.60. The van der Waals surface area contributed by atoms with Crippen molar-refractivity contribution >= 4 is 35.0 Å². The summed E-state index contributed by atoms with van der Waals surface area (Å²) >= 11 is 0. The minimum Gasteiger partial charge on any atom is -0.497 e. The number of nitrogens with zero attached hydrogens (tertiary/aromatic N) is 3. The first-order valence-corrected chi connectivity index (χ1v) is 11.4. The molecule has 0 bridgehead atoms. The highest BCUT2D eigenvalue weighted by Gasteiger charge is 2.19. The second kappa shape index (κ2) is 11.4. The lowest BCUT2D eigenvalue weighted by atomic mass is 10.1. The molecule has 33 heavy (non-hydrogen) atoms. The van der Waals surface area contributed by atoms with E-state index in [2.05, 4.69) is 46.3 Å². The Hall–Kier alpha value is -2.70. The summed E-state index contributed by atoms with van der Waals surface area (Å²) in [4.78, 5) is 17.2. The van der Waals surface area contributed by atoms with Gasteiger partial charge in [-0.3, -0.25) is 9.69 Å². The van der Waals surface area contributed by atoms with E-state index in [1.165, 1.54) is 16.6 Å². The topological polar surface area (TPSA) is 46.9 Å². The molecule has 0 radical (unpaired) electrons. The van der Waals surface area contributed by atoms with Gasteiger partial charge in [-0.1, -0.05) is 24.3 Å². The van der Waals surface area contributed by atoms with Crippen LogP contribution >= 0.6 is 12.4 Å². The van der Waals surface area contributed by atoms with E-state index >= 15 is 0 Å². The van der Waals surface area contributed by atoms with Crippen molar-refractivity contribution < 1.29 is 14.3 Å². The highest BCUT2D eigenvalue weighted by molar-refractivity contribution is 5.86. The van der Waals surface area contributed by atoms with Crippen LogP contribution < -0.4 is 9.64 Å². The Morgan fingerprint density at radius 1 is 1.03 bits per heavy atom. The third-order valence-corrected chi connectivity index (χ3v) is 6.03. The van der Waals surface area contributed by atoms with Crippen LogP contribution in [0.2, 0.25) is 0 Å². The summed E-state index contributed by atoms with van der Waals surface area (Å²) in [6.45, 7) is 9.11. The van der Waals surface area contributed by atoms with Crippen molar-refractivity contribution in [1.82, 2.24) is 9.47 Å². The highest BCUT2D eigenvalue weighted by Crippen LogP contribution is 2.24. The Morgan fingerprint density at radius 3 is 2.52 bits per heavy atom. The molecule has 0 unspecified atom stereocenters. The van der Waals surface area contributed by atoms with Crippen LogP contribution in [0.3, 0.4) is 0 Å². The molecule has 0 aliphatic carbocycles. The number of piperazine rings is 1. The number of carbonyl (C=O) groups is 1. The molecule has 4 rings (SSSR count). The van der Waals surface area contributed by atoms with Gasteiger partial charge in [-0.2, -0.15) is 0 Å². The number of ether oxygens (including phenoxy) is 2. The lowest BCUT2D eigenvalue weighted by Gasteiger charge is -2.36. The highest BCUT2D eigenvalue weighted by atomic mass is 35.5. The third-order valence-electron chi connectivity index (χ3n) is 6.03. The molecule has 2 heterocycles. The minimum absolute atomic E-state index is 0. The molecule has 178 valence electrons. The summed E-state index contributed by atoms with van der Waals surface area (Å²) in [7, 11) is 1.71. The van der Waals surface area contributed by atoms with Crippen molar-refractivity contribution in [3.63, 3.8) is 0 Å². The van der Waals surface area contributed by atoms with Gasteiger partial charge < -0.3 is 18.9 Å². The first-order chi connectivity index (χ1) is 15.5. The Bertz CT molecular complexity index is 1060. The standard InChI is InChI=1S/C26H33N3O3.ClH/c1-20(2)32-26(30)19-29-18-21(24-9-4-5-10-25(24)29)11-12-27-13-15-28(16-14-27)22-7-6-8-23(17-22)31-3;/h4-10,17-18,20H,11-16,19H2,1-3H3;1H. The summed E-state index contributed by atoms with van der Waals surface area (Å²) in [5, 5.41) is 1.22. The fourth-order valence-electron chi connectivity index (χ4n) is 4.41. The number of hydrogen-bond donors (Lipinski definition) is 0. The van der Waals surface area contributed by atoms with Gasteiger partial charge >= 0.3 is 5.97 Å². The molecule has 7 heteroatoms. The molecule has 1 aliphatic heterocycles. The van der Waals surface area contributed by atoms with Crippen molar-refractivity contribution in [2.24, 2.45) is 0 Å². The zero-order valence-corrected chi connectivity index (χ0v) is 20.5. The average Bonchev–Trinajstić information content (AvgIpc) is 3.15. The van der Waals surface area contributed by atoms with Crippen molar-refractivity contribution in [2.75, 3.05) is 44.7 Å². The largest absolute Gasteiger partial charge is 0.497 e. The maximum Gasteiger partial charge on any atom is 0.326 e. The fourth-order valence-corrected chi connectivity index (χ4v) is 4.41. The van der Waals surface area contributed by atoms with Gasteiger partial charge in [0.2, 0.25) is 0 Å². The Kier molecular flexibility index (Phi) is 8.64. The van der Waals surface area contributed by atoms with Crippen LogP contribution in [0, 0.1) is 0 Å². The molecular weight excluding hydrogens is 438 g/mol. The number of anilines is 1. The molecule has 0 N–H and O–H groups in total. The number of benzene rings is 2. The molecule has 2 aromatic carbocycles. The van der Waals surface area contributed by atoms with Gasteiger partial charge in [0.15, 0.2) is 0 Å². The molecule has 1 aliphatic rings. The smallest absolute Gasteiger partial charge is 0.326 e. The maximum absolute atomic E-state index is 12.2. The predicted octanol–water partition coefficient (Wildman–Crippen LogP) is 4.39. The predicted molar refractivity (Wildman–Crippen MR) is 136 cm³/mol. The van der Waals surface area contributed by atoms with Gasteiger partial charge in [0.1, 0.15) is 12.3 Å². The van der Waals surface area contributed by atoms with Gasteiger partial charge in [0.25, 0.3) is 0 Å². The van der Waals surface area contributed by atoms with Crippen LogP contribution in [0.25, 0.3) is 10.9 Å². The van der Waals surface area contributed by atoms with Crippen LogP contribution in [0.15, 0.2) is 54.7 Å². The van der Waals surface area contributed by atoms with Gasteiger partial charge in [0, 0.05) is 61.6 Å². The van der Waals surface area contributed by atoms with E-state index in [-0.39, 0.29) is 31.0 Å². The molecule has 1 saturated heterocycles. The summed E-state index contributed by atoms with van der Waals surface area (Å²) in [5.74, 6) is 0.708. The van der Waals surface area contributed by atoms with Crippen LogP contribution in [0.4, 0.5) is 5.69 Å². The fraction of sp³-hybridized carbons (Fsp3) is 0.423. The van der Waals surface area contributed by atoms with Gasteiger partial charge in [-0.15, -0.1) is 12.4 Å². The summed E-state index contributed by atoms with van der Waals surface area (Å²) < 4.78 is 12.7. The van der Waals surface area contributed by atoms with Gasteiger partial charge in [-0.05, 0) is 44.0 Å². The first-order valence-electron chi connectivity index (χ1n) is 11.4. The van der Waals surface area contributed by atoms with Gasteiger partial charge in [-0.25, -0.2) is 0 Å². The van der Waals surface area contributed by atoms with E-state index in [0.29, 0.717) is 0 Å². The molecule has 0 spiro atoms. The first kappa shape index (κ1) is 24.9. The molecule has 1 aromatic heterocycles. The monoisotopic (exact) mass is 471 g/mol. The van der Waals surface area contributed by atoms with Crippen LogP contribution in [-0.4, -0.2) is 61.4 Å². The number of hydrogen-bond acceptors (Lipinski definition) is 5. The molecule has 6 nitrogen and oxygen atoms in total. The Labute approximate surface area is 202 Å². The minimum atomic E-state index is -0.194. The van der Waals surface area contributed by atoms with E-state index in [0.717, 1.165) is 50.4 Å². The number of methoxy groups -OCH3 is 1. The average molecular weight is 472 g/mol. The number of aromatic nitrogens is 1. The molecule has 0 atom stereocenters. The number of carbonyl (C=O) groups excluding carboxylic acids is 1. The second-order valence-corrected chi connectivity index (χ2v) is 8.62. The lowest BCUT2D eigenvalue weighted by molar-refractivity contribution is -0.148. The van der Waals surface area contributed by atoms with Crippen molar-refractivity contribution in [2.45, 2.75) is 32.9 Å². The van der Waals surface area contributed by atoms with Crippen molar-refractivity contribution in [3.8, 4) is 5.75 Å². The normalized spacial score (nSPS) is 14.4. The maximum atomic E-state index is 12.2. The number of fused-ring (bicyclic) bond motifs is 1. The zero-order valence-electron chi connectivity index (χ0n) is 19.7. The van der Waals surface area contributed by atoms with E-state index in [4.69, 9.17) is 9.47 Å². The number of halogens is 1. The number of esters is 1. The summed E-state index contributed by atoms with van der Waals surface area (Å²) in [6, 6.07) is 16.6. The number of rotatable bonds is 8. The van der Waals surface area contributed by atoms with E-state index in [1.54, 1.807) is 7.11 Å². The summed E-state index contributed by atoms with van der Waals surface area (Å²) in [6.07, 6.45) is 2.99. The van der Waals surface area contributed by atoms with E-state index in [9.17, 15) is 4.79 Å². The molecule has 0 amide bonds. The zero-order chi connectivity index (χ0) is 22.5. The number of para-hydroxylation sites is 1. The van der Waals surface area contributed by atoms with Crippen LogP contribution in [0.1, 0.15) is 19.4 Å². The molecular formula is C26H34ClN3O3. The lowest BCUT2D eigenvalue weighted by Crippen LogP contribution is -2.47. The third kappa shape index (κ3) is 6.21. The molecule has 0 saturated carbocycles. The Balaban J connectivity index is 0.00000306.